The molecule has 0 heterocycles. The molecule has 0 aliphatic heterocycles. The number of allylic oxidation sites excluding steroid dienone is 2. The molecule has 0 aromatic rings. The minimum absolute atomic E-state index is 0.342. The molecule has 1 heteroatoms. The highest BCUT2D eigenvalue weighted by Gasteiger charge is 1.89. The topological polar surface area (TPSA) is 20.2 Å². The third kappa shape index (κ3) is 13.3. The Labute approximate surface area is 94.6 Å². The first-order valence-corrected chi connectivity index (χ1v) is 6.16. The molecular weight excluding hydrogens is 184 g/mol. The van der Waals surface area contributed by atoms with Crippen LogP contribution >= 0.6 is 0 Å². The minimum Gasteiger partial charge on any atom is -0.396 e. The maximum Gasteiger partial charge on any atom is 0.0431 e. The first-order valence-electron chi connectivity index (χ1n) is 6.16. The smallest absolute Gasteiger partial charge is 0.0431 e. The summed E-state index contributed by atoms with van der Waals surface area (Å²) < 4.78 is 0. The summed E-state index contributed by atoms with van der Waals surface area (Å²) in [6.45, 7) is 2.46. The van der Waals surface area contributed by atoms with E-state index in [0.29, 0.717) is 6.61 Å². The monoisotopic (exact) mass is 208 g/mol. The second kappa shape index (κ2) is 13.3. The van der Waals surface area contributed by atoms with Crippen LogP contribution in [0.25, 0.3) is 0 Å². The molecule has 0 aromatic heterocycles. The van der Waals surface area contributed by atoms with Crippen LogP contribution in [-0.2, 0) is 0 Å². The van der Waals surface area contributed by atoms with Crippen molar-refractivity contribution in [1.82, 2.24) is 0 Å². The molecule has 0 spiro atoms. The second-order valence-corrected chi connectivity index (χ2v) is 3.73. The van der Waals surface area contributed by atoms with Crippen molar-refractivity contribution in [3.8, 4) is 11.8 Å². The van der Waals surface area contributed by atoms with Crippen molar-refractivity contribution in [2.24, 2.45) is 0 Å². The fourth-order valence-electron chi connectivity index (χ4n) is 1.34. The maximum atomic E-state index is 8.59. The molecule has 0 amide bonds. The number of hydrogen-bond donors (Lipinski definition) is 1. The van der Waals surface area contributed by atoms with E-state index < -0.39 is 0 Å². The van der Waals surface area contributed by atoms with Crippen molar-refractivity contribution >= 4 is 0 Å². The second-order valence-electron chi connectivity index (χ2n) is 3.73. The number of aliphatic hydroxyl groups excluding tert-OH is 1. The summed E-state index contributed by atoms with van der Waals surface area (Å²) in [4.78, 5) is 0. The van der Waals surface area contributed by atoms with Gasteiger partial charge in [0, 0.05) is 13.0 Å². The summed E-state index contributed by atoms with van der Waals surface area (Å²) in [5.74, 6) is 6.18. The van der Waals surface area contributed by atoms with E-state index in [0.717, 1.165) is 19.3 Å². The Kier molecular flexibility index (Phi) is 12.6. The van der Waals surface area contributed by atoms with Crippen molar-refractivity contribution in [1.29, 1.82) is 0 Å². The highest BCUT2D eigenvalue weighted by molar-refractivity contribution is 5.14. The number of unbranched alkanes of at least 4 members (excludes halogenated alkanes) is 6. The molecule has 0 aliphatic carbocycles. The fraction of sp³-hybridized carbons (Fsp3) is 0.714. The van der Waals surface area contributed by atoms with Gasteiger partial charge in [-0.1, -0.05) is 50.5 Å². The van der Waals surface area contributed by atoms with Crippen LogP contribution in [0, 0.1) is 11.8 Å². The summed E-state index contributed by atoms with van der Waals surface area (Å²) in [6, 6.07) is 0. The zero-order valence-corrected chi connectivity index (χ0v) is 9.97. The first kappa shape index (κ1) is 14.3. The average molecular weight is 208 g/mol. The lowest BCUT2D eigenvalue weighted by molar-refractivity contribution is 0.282. The van der Waals surface area contributed by atoms with Gasteiger partial charge in [-0.15, -0.1) is 0 Å². The van der Waals surface area contributed by atoms with Crippen LogP contribution in [0.5, 0.6) is 0 Å². The first-order chi connectivity index (χ1) is 7.41. The lowest BCUT2D eigenvalue weighted by Gasteiger charge is -1.97. The molecule has 0 saturated heterocycles. The summed E-state index contributed by atoms with van der Waals surface area (Å²) in [5.41, 5.74) is 0. The van der Waals surface area contributed by atoms with Gasteiger partial charge in [0.1, 0.15) is 0 Å². The van der Waals surface area contributed by atoms with Gasteiger partial charge in [0.05, 0.1) is 0 Å². The van der Waals surface area contributed by atoms with Crippen molar-refractivity contribution in [2.75, 3.05) is 6.61 Å². The molecule has 1 N–H and O–H groups in total. The van der Waals surface area contributed by atoms with Gasteiger partial charge in [-0.2, -0.15) is 0 Å². The number of hydrogen-bond acceptors (Lipinski definition) is 1. The SMILES string of the molecule is CC/C=C/C#CCCCCCCCCO. The number of rotatable bonds is 8. The van der Waals surface area contributed by atoms with E-state index in [1.54, 1.807) is 0 Å². The minimum atomic E-state index is 0.342. The summed E-state index contributed by atoms with van der Waals surface area (Å²) in [5, 5.41) is 8.59. The van der Waals surface area contributed by atoms with Crippen molar-refractivity contribution in [2.45, 2.75) is 58.3 Å². The van der Waals surface area contributed by atoms with Crippen LogP contribution in [0.15, 0.2) is 12.2 Å². The molecule has 0 atom stereocenters. The molecule has 1 nitrogen and oxygen atoms in total. The van der Waals surface area contributed by atoms with Crippen LogP contribution < -0.4 is 0 Å². The van der Waals surface area contributed by atoms with E-state index in [4.69, 9.17) is 5.11 Å². The normalized spacial score (nSPS) is 10.3. The van der Waals surface area contributed by atoms with E-state index in [9.17, 15) is 0 Å². The quantitative estimate of drug-likeness (QED) is 0.476. The predicted molar refractivity (Wildman–Crippen MR) is 66.6 cm³/mol. The predicted octanol–water partition coefficient (Wildman–Crippen LogP) is 3.68. The van der Waals surface area contributed by atoms with Gasteiger partial charge in [0.15, 0.2) is 0 Å². The summed E-state index contributed by atoms with van der Waals surface area (Å²) in [7, 11) is 0. The highest BCUT2D eigenvalue weighted by atomic mass is 16.2. The average Bonchev–Trinajstić information content (AvgIpc) is 2.26. The Balaban J connectivity index is 3.09. The third-order valence-electron chi connectivity index (χ3n) is 2.25. The Morgan fingerprint density at radius 1 is 1.00 bits per heavy atom. The molecule has 0 saturated carbocycles. The lowest BCUT2D eigenvalue weighted by atomic mass is 10.1. The summed E-state index contributed by atoms with van der Waals surface area (Å²) in [6.07, 6.45) is 13.3. The van der Waals surface area contributed by atoms with E-state index in [2.05, 4.69) is 24.8 Å². The summed E-state index contributed by atoms with van der Waals surface area (Å²) >= 11 is 0. The fourth-order valence-corrected chi connectivity index (χ4v) is 1.34. The highest BCUT2D eigenvalue weighted by Crippen LogP contribution is 2.06. The number of aliphatic hydroxyl groups is 1. The molecule has 0 aliphatic rings. The van der Waals surface area contributed by atoms with Gasteiger partial charge in [0.25, 0.3) is 0 Å². The third-order valence-corrected chi connectivity index (χ3v) is 2.25. The van der Waals surface area contributed by atoms with Crippen LogP contribution in [0.2, 0.25) is 0 Å². The van der Waals surface area contributed by atoms with Gasteiger partial charge in [-0.25, -0.2) is 0 Å². The molecule has 86 valence electrons. The van der Waals surface area contributed by atoms with Crippen molar-refractivity contribution in [3.63, 3.8) is 0 Å². The van der Waals surface area contributed by atoms with Crippen LogP contribution in [0.3, 0.4) is 0 Å². The van der Waals surface area contributed by atoms with Gasteiger partial charge in [0.2, 0.25) is 0 Å². The molecule has 0 rings (SSSR count). The van der Waals surface area contributed by atoms with E-state index in [-0.39, 0.29) is 0 Å². The van der Waals surface area contributed by atoms with Gasteiger partial charge >= 0.3 is 0 Å². The van der Waals surface area contributed by atoms with E-state index in [1.165, 1.54) is 32.1 Å². The van der Waals surface area contributed by atoms with Crippen LogP contribution in [-0.4, -0.2) is 11.7 Å². The van der Waals surface area contributed by atoms with Gasteiger partial charge < -0.3 is 5.11 Å². The Bertz CT molecular complexity index is 195. The largest absolute Gasteiger partial charge is 0.396 e. The Morgan fingerprint density at radius 2 is 1.67 bits per heavy atom. The standard InChI is InChI=1S/C14H24O/c1-2-3-4-5-6-7-8-9-10-11-12-13-14-15/h3-4,15H,2,7-14H2,1H3/b4-3+. The molecule has 0 radical (unpaired) electrons. The van der Waals surface area contributed by atoms with Crippen molar-refractivity contribution < 1.29 is 5.11 Å². The van der Waals surface area contributed by atoms with Crippen LogP contribution in [0.4, 0.5) is 0 Å². The molecule has 0 unspecified atom stereocenters. The zero-order valence-electron chi connectivity index (χ0n) is 9.97. The molecule has 0 aromatic carbocycles. The molecule has 15 heavy (non-hydrogen) atoms. The molecular formula is C14H24O. The Hall–Kier alpha value is -0.740. The lowest BCUT2D eigenvalue weighted by Crippen LogP contribution is -1.83. The van der Waals surface area contributed by atoms with Gasteiger partial charge in [-0.05, 0) is 25.3 Å². The maximum absolute atomic E-state index is 8.59. The Morgan fingerprint density at radius 3 is 2.33 bits per heavy atom. The molecule has 0 bridgehead atoms. The van der Waals surface area contributed by atoms with Gasteiger partial charge in [-0.3, -0.25) is 0 Å². The molecule has 0 fully saturated rings. The van der Waals surface area contributed by atoms with E-state index in [1.807, 2.05) is 6.08 Å². The van der Waals surface area contributed by atoms with Crippen molar-refractivity contribution in [3.05, 3.63) is 12.2 Å². The van der Waals surface area contributed by atoms with Crippen LogP contribution in [0.1, 0.15) is 58.3 Å². The zero-order chi connectivity index (χ0) is 11.2. The van der Waals surface area contributed by atoms with E-state index >= 15 is 0 Å².